The summed E-state index contributed by atoms with van der Waals surface area (Å²) in [7, 11) is -3.60. The Morgan fingerprint density at radius 3 is 2.32 bits per heavy atom. The number of aryl methyl sites for hydroxylation is 2. The molecule has 116 valence electrons. The van der Waals surface area contributed by atoms with Crippen molar-refractivity contribution in [3.05, 3.63) is 72.3 Å². The number of para-hydroxylation sites is 1. The van der Waals surface area contributed by atoms with Gasteiger partial charge in [0.2, 0.25) is 0 Å². The maximum absolute atomic E-state index is 13.0. The maximum Gasteiger partial charge on any atom is 0.264 e. The van der Waals surface area contributed by atoms with Gasteiger partial charge in [-0.1, -0.05) is 48.9 Å². The van der Waals surface area contributed by atoms with Crippen molar-refractivity contribution in [2.45, 2.75) is 25.2 Å². The summed E-state index contributed by atoms with van der Waals surface area (Å²) in [6.07, 6.45) is 2.38. The van der Waals surface area contributed by atoms with Gasteiger partial charge in [0, 0.05) is 0 Å². The second-order valence-corrected chi connectivity index (χ2v) is 6.98. The van der Waals surface area contributed by atoms with Crippen LogP contribution in [0.4, 0.5) is 5.69 Å². The molecule has 2 aromatic carbocycles. The minimum atomic E-state index is -3.60. The van der Waals surface area contributed by atoms with Gasteiger partial charge in [-0.15, -0.1) is 6.58 Å². The third kappa shape index (κ3) is 3.22. The summed E-state index contributed by atoms with van der Waals surface area (Å²) in [6.45, 7) is 7.89. The molecule has 0 aromatic heterocycles. The first-order chi connectivity index (χ1) is 10.5. The van der Waals surface area contributed by atoms with Crippen LogP contribution in [-0.4, -0.2) is 15.0 Å². The van der Waals surface area contributed by atoms with Crippen molar-refractivity contribution >= 4 is 15.7 Å². The predicted octanol–water partition coefficient (Wildman–Crippen LogP) is 3.94. The van der Waals surface area contributed by atoms with Gasteiger partial charge in [-0.25, -0.2) is 8.42 Å². The number of anilines is 1. The third-order valence-electron chi connectivity index (χ3n) is 3.55. The zero-order chi connectivity index (χ0) is 16.2. The number of nitrogens with zero attached hydrogens (tertiary/aromatic N) is 1. The molecule has 0 aliphatic carbocycles. The van der Waals surface area contributed by atoms with Gasteiger partial charge < -0.3 is 0 Å². The van der Waals surface area contributed by atoms with Crippen molar-refractivity contribution in [3.63, 3.8) is 0 Å². The van der Waals surface area contributed by atoms with E-state index in [1.165, 1.54) is 4.31 Å². The van der Waals surface area contributed by atoms with Crippen LogP contribution in [-0.2, 0) is 16.4 Å². The molecule has 0 spiro atoms. The second-order valence-electron chi connectivity index (χ2n) is 5.12. The van der Waals surface area contributed by atoms with Crippen molar-refractivity contribution < 1.29 is 8.42 Å². The van der Waals surface area contributed by atoms with E-state index in [2.05, 4.69) is 6.58 Å². The highest BCUT2D eigenvalue weighted by Crippen LogP contribution is 2.27. The van der Waals surface area contributed by atoms with Crippen LogP contribution < -0.4 is 4.31 Å². The minimum absolute atomic E-state index is 0.243. The van der Waals surface area contributed by atoms with Crippen LogP contribution in [0.2, 0.25) is 0 Å². The molecule has 0 radical (unpaired) electrons. The summed E-state index contributed by atoms with van der Waals surface area (Å²) >= 11 is 0. The van der Waals surface area contributed by atoms with Gasteiger partial charge in [0.25, 0.3) is 10.0 Å². The summed E-state index contributed by atoms with van der Waals surface area (Å²) in [5, 5.41) is 0. The first-order valence-electron chi connectivity index (χ1n) is 7.29. The third-order valence-corrected chi connectivity index (χ3v) is 5.34. The van der Waals surface area contributed by atoms with Crippen LogP contribution in [0.15, 0.2) is 66.1 Å². The van der Waals surface area contributed by atoms with E-state index in [1.54, 1.807) is 18.2 Å². The highest BCUT2D eigenvalue weighted by atomic mass is 32.2. The summed E-state index contributed by atoms with van der Waals surface area (Å²) in [5.41, 5.74) is 2.74. The highest BCUT2D eigenvalue weighted by Gasteiger charge is 2.25. The topological polar surface area (TPSA) is 37.4 Å². The van der Waals surface area contributed by atoms with Crippen molar-refractivity contribution in [1.29, 1.82) is 0 Å². The fraction of sp³-hybridized carbons (Fsp3) is 0.222. The van der Waals surface area contributed by atoms with Gasteiger partial charge in [-0.05, 0) is 37.1 Å². The summed E-state index contributed by atoms with van der Waals surface area (Å²) in [4.78, 5) is 0.297. The van der Waals surface area contributed by atoms with Gasteiger partial charge in [-0.2, -0.15) is 0 Å². The lowest BCUT2D eigenvalue weighted by Crippen LogP contribution is -2.32. The minimum Gasteiger partial charge on any atom is -0.262 e. The van der Waals surface area contributed by atoms with E-state index in [0.717, 1.165) is 17.5 Å². The molecule has 0 bridgehead atoms. The highest BCUT2D eigenvalue weighted by molar-refractivity contribution is 7.92. The molecule has 0 aliphatic heterocycles. The number of hydrogen-bond acceptors (Lipinski definition) is 2. The van der Waals surface area contributed by atoms with Crippen molar-refractivity contribution in [2.24, 2.45) is 0 Å². The summed E-state index contributed by atoms with van der Waals surface area (Å²) in [5.74, 6) is 0. The summed E-state index contributed by atoms with van der Waals surface area (Å²) in [6, 6.07) is 14.5. The standard InChI is InChI=1S/C18H21NO2S/c1-4-14-19(18-9-7-6-8-16(18)5-2)22(20,21)17-12-10-15(3)11-13-17/h4,6-13H,1,5,14H2,2-3H3. The molecular weight excluding hydrogens is 294 g/mol. The average molecular weight is 315 g/mol. The largest absolute Gasteiger partial charge is 0.264 e. The lowest BCUT2D eigenvalue weighted by atomic mass is 10.1. The quantitative estimate of drug-likeness (QED) is 0.757. The van der Waals surface area contributed by atoms with Crippen molar-refractivity contribution in [3.8, 4) is 0 Å². The first kappa shape index (κ1) is 16.3. The Labute approximate surface area is 133 Å². The molecule has 0 amide bonds. The lowest BCUT2D eigenvalue weighted by molar-refractivity contribution is 0.592. The molecule has 0 aliphatic rings. The Kier molecular flexibility index (Phi) is 5.03. The smallest absolute Gasteiger partial charge is 0.262 e. The maximum atomic E-state index is 13.0. The zero-order valence-corrected chi connectivity index (χ0v) is 13.8. The van der Waals surface area contributed by atoms with Gasteiger partial charge in [0.05, 0.1) is 17.1 Å². The van der Waals surface area contributed by atoms with Gasteiger partial charge >= 0.3 is 0 Å². The van der Waals surface area contributed by atoms with Crippen LogP contribution in [0.25, 0.3) is 0 Å². The molecule has 2 rings (SSSR count). The van der Waals surface area contributed by atoms with E-state index in [4.69, 9.17) is 0 Å². The number of benzene rings is 2. The zero-order valence-electron chi connectivity index (χ0n) is 13.0. The Balaban J connectivity index is 2.55. The molecule has 0 N–H and O–H groups in total. The van der Waals surface area contributed by atoms with Crippen molar-refractivity contribution in [1.82, 2.24) is 0 Å². The molecule has 0 unspecified atom stereocenters. The van der Waals surface area contributed by atoms with Gasteiger partial charge in [0.1, 0.15) is 0 Å². The Hall–Kier alpha value is -2.07. The first-order valence-corrected chi connectivity index (χ1v) is 8.73. The van der Waals surface area contributed by atoms with E-state index < -0.39 is 10.0 Å². The van der Waals surface area contributed by atoms with E-state index in [0.29, 0.717) is 10.6 Å². The Morgan fingerprint density at radius 1 is 1.09 bits per heavy atom. The molecule has 4 heteroatoms. The van der Waals surface area contributed by atoms with E-state index in [-0.39, 0.29) is 6.54 Å². The average Bonchev–Trinajstić information content (AvgIpc) is 2.53. The van der Waals surface area contributed by atoms with Crippen LogP contribution in [0.1, 0.15) is 18.1 Å². The normalized spacial score (nSPS) is 11.2. The number of rotatable bonds is 6. The number of sulfonamides is 1. The van der Waals surface area contributed by atoms with E-state index in [9.17, 15) is 8.42 Å². The molecule has 2 aromatic rings. The van der Waals surface area contributed by atoms with E-state index >= 15 is 0 Å². The molecule has 0 atom stereocenters. The number of hydrogen-bond donors (Lipinski definition) is 0. The van der Waals surface area contributed by atoms with Gasteiger partial charge in [-0.3, -0.25) is 4.31 Å². The lowest BCUT2D eigenvalue weighted by Gasteiger charge is -2.25. The molecule has 0 saturated heterocycles. The molecular formula is C18H21NO2S. The molecule has 3 nitrogen and oxygen atoms in total. The fourth-order valence-corrected chi connectivity index (χ4v) is 3.81. The van der Waals surface area contributed by atoms with Crippen molar-refractivity contribution in [2.75, 3.05) is 10.8 Å². The Morgan fingerprint density at radius 2 is 1.73 bits per heavy atom. The SMILES string of the molecule is C=CCN(c1ccccc1CC)S(=O)(=O)c1ccc(C)cc1. The van der Waals surface area contributed by atoms with Crippen LogP contribution >= 0.6 is 0 Å². The second kappa shape index (κ2) is 6.79. The van der Waals surface area contributed by atoms with Crippen LogP contribution in [0, 0.1) is 6.92 Å². The molecule has 0 fully saturated rings. The monoisotopic (exact) mass is 315 g/mol. The Bertz CT molecular complexity index is 749. The molecule has 22 heavy (non-hydrogen) atoms. The van der Waals surface area contributed by atoms with E-state index in [1.807, 2.05) is 50.2 Å². The summed E-state index contributed by atoms with van der Waals surface area (Å²) < 4.78 is 27.4. The van der Waals surface area contributed by atoms with Crippen LogP contribution in [0.5, 0.6) is 0 Å². The predicted molar refractivity (Wildman–Crippen MR) is 91.7 cm³/mol. The fourth-order valence-electron chi connectivity index (χ4n) is 2.33. The van der Waals surface area contributed by atoms with Gasteiger partial charge in [0.15, 0.2) is 0 Å². The molecule has 0 saturated carbocycles. The molecule has 0 heterocycles. The van der Waals surface area contributed by atoms with Crippen LogP contribution in [0.3, 0.4) is 0 Å².